The van der Waals surface area contributed by atoms with E-state index in [1.165, 1.54) is 11.0 Å². The lowest BCUT2D eigenvalue weighted by atomic mass is 10.1. The molecule has 1 aliphatic rings. The predicted molar refractivity (Wildman–Crippen MR) is 85.8 cm³/mol. The number of carboxylic acids is 1. The van der Waals surface area contributed by atoms with Gasteiger partial charge in [0.25, 0.3) is 5.91 Å². The van der Waals surface area contributed by atoms with Crippen LogP contribution in [0.4, 0.5) is 5.69 Å². The fourth-order valence-electron chi connectivity index (χ4n) is 2.65. The minimum Gasteiger partial charge on any atom is -0.480 e. The zero-order valence-electron chi connectivity index (χ0n) is 12.9. The van der Waals surface area contributed by atoms with Crippen molar-refractivity contribution in [2.24, 2.45) is 0 Å². The van der Waals surface area contributed by atoms with Crippen LogP contribution >= 0.6 is 0 Å². The van der Waals surface area contributed by atoms with Crippen LogP contribution in [-0.2, 0) is 14.8 Å². The summed E-state index contributed by atoms with van der Waals surface area (Å²) in [6.45, 7) is 2.15. The maximum atomic E-state index is 12.5. The van der Waals surface area contributed by atoms with Crippen molar-refractivity contribution in [1.82, 2.24) is 4.90 Å². The molecule has 1 aromatic rings. The number of amides is 1. The third-order valence-corrected chi connectivity index (χ3v) is 5.15. The Morgan fingerprint density at radius 2 is 2.13 bits per heavy atom. The van der Waals surface area contributed by atoms with E-state index in [4.69, 9.17) is 5.11 Å². The molecule has 2 N–H and O–H groups in total. The smallest absolute Gasteiger partial charge is 0.326 e. The molecule has 2 rings (SSSR count). The standard InChI is InChI=1S/C15H20N2O5S/c1-2-9-23(21,22)16-12-6-3-5-11(10-12)14(18)17-8-4-7-13(17)15(19)20/h3,5-6,10,13,16H,2,4,7-9H2,1H3,(H,19,20)/t13-/m1/s1. The van der Waals surface area contributed by atoms with E-state index in [0.717, 1.165) is 0 Å². The number of nitrogens with one attached hydrogen (secondary N) is 1. The van der Waals surface area contributed by atoms with Gasteiger partial charge >= 0.3 is 5.97 Å². The molecule has 8 heteroatoms. The molecule has 1 amide bonds. The Bertz CT molecular complexity index is 702. The van der Waals surface area contributed by atoms with Crippen LogP contribution in [0, 0.1) is 0 Å². The average molecular weight is 340 g/mol. The number of carboxylic acid groups (broad SMARTS) is 1. The van der Waals surface area contributed by atoms with Crippen molar-refractivity contribution >= 4 is 27.6 Å². The molecule has 23 heavy (non-hydrogen) atoms. The van der Waals surface area contributed by atoms with E-state index in [0.29, 0.717) is 31.5 Å². The van der Waals surface area contributed by atoms with Crippen LogP contribution in [0.5, 0.6) is 0 Å². The Labute approximate surface area is 135 Å². The summed E-state index contributed by atoms with van der Waals surface area (Å²) in [5, 5.41) is 9.16. The second kappa shape index (κ2) is 6.99. The Kier molecular flexibility index (Phi) is 5.25. The number of nitrogens with zero attached hydrogens (tertiary/aromatic N) is 1. The SMILES string of the molecule is CCCS(=O)(=O)Nc1cccc(C(=O)N2CCC[C@@H]2C(=O)O)c1. The van der Waals surface area contributed by atoms with Gasteiger partial charge in [0, 0.05) is 17.8 Å². The molecular weight excluding hydrogens is 320 g/mol. The van der Waals surface area contributed by atoms with Gasteiger partial charge in [0.15, 0.2) is 0 Å². The summed E-state index contributed by atoms with van der Waals surface area (Å²) in [4.78, 5) is 25.0. The van der Waals surface area contributed by atoms with Crippen LogP contribution in [0.1, 0.15) is 36.5 Å². The number of anilines is 1. The van der Waals surface area contributed by atoms with Gasteiger partial charge in [-0.15, -0.1) is 0 Å². The number of hydrogen-bond acceptors (Lipinski definition) is 4. The highest BCUT2D eigenvalue weighted by atomic mass is 32.2. The molecule has 0 aromatic heterocycles. The highest BCUT2D eigenvalue weighted by Gasteiger charge is 2.34. The first-order valence-electron chi connectivity index (χ1n) is 7.48. The maximum absolute atomic E-state index is 12.5. The minimum atomic E-state index is -3.44. The Morgan fingerprint density at radius 3 is 2.78 bits per heavy atom. The molecule has 1 atom stereocenters. The predicted octanol–water partition coefficient (Wildman–Crippen LogP) is 1.53. The van der Waals surface area contributed by atoms with Gasteiger partial charge in [-0.05, 0) is 37.5 Å². The maximum Gasteiger partial charge on any atom is 0.326 e. The number of carbonyl (C=O) groups is 2. The molecule has 0 unspecified atom stereocenters. The van der Waals surface area contributed by atoms with Crippen LogP contribution in [0.15, 0.2) is 24.3 Å². The lowest BCUT2D eigenvalue weighted by Crippen LogP contribution is -2.40. The van der Waals surface area contributed by atoms with E-state index in [-0.39, 0.29) is 11.3 Å². The zero-order chi connectivity index (χ0) is 17.0. The van der Waals surface area contributed by atoms with Gasteiger partial charge in [-0.25, -0.2) is 13.2 Å². The third-order valence-electron chi connectivity index (χ3n) is 3.65. The summed E-state index contributed by atoms with van der Waals surface area (Å²) in [6, 6.07) is 5.30. The first kappa shape index (κ1) is 17.3. The van der Waals surface area contributed by atoms with Crippen molar-refractivity contribution in [2.45, 2.75) is 32.2 Å². The van der Waals surface area contributed by atoms with Gasteiger partial charge in [0.2, 0.25) is 10.0 Å². The molecule has 1 aromatic carbocycles. The van der Waals surface area contributed by atoms with E-state index in [2.05, 4.69) is 4.72 Å². The summed E-state index contributed by atoms with van der Waals surface area (Å²) >= 11 is 0. The third kappa shape index (κ3) is 4.22. The molecule has 0 aliphatic carbocycles. The van der Waals surface area contributed by atoms with Crippen molar-refractivity contribution < 1.29 is 23.1 Å². The first-order chi connectivity index (χ1) is 10.8. The highest BCUT2D eigenvalue weighted by Crippen LogP contribution is 2.22. The number of hydrogen-bond donors (Lipinski definition) is 2. The van der Waals surface area contributed by atoms with Crippen molar-refractivity contribution in [3.8, 4) is 0 Å². The topological polar surface area (TPSA) is 104 Å². The van der Waals surface area contributed by atoms with E-state index in [1.807, 2.05) is 0 Å². The average Bonchev–Trinajstić information content (AvgIpc) is 2.95. The molecule has 1 heterocycles. The number of sulfonamides is 1. The molecule has 1 fully saturated rings. The second-order valence-corrected chi connectivity index (χ2v) is 7.34. The van der Waals surface area contributed by atoms with Crippen LogP contribution in [0.25, 0.3) is 0 Å². The molecule has 126 valence electrons. The van der Waals surface area contributed by atoms with Crippen LogP contribution in [0.3, 0.4) is 0 Å². The molecule has 7 nitrogen and oxygen atoms in total. The first-order valence-corrected chi connectivity index (χ1v) is 9.13. The quantitative estimate of drug-likeness (QED) is 0.817. The normalized spacial score (nSPS) is 18.0. The van der Waals surface area contributed by atoms with E-state index in [9.17, 15) is 18.0 Å². The minimum absolute atomic E-state index is 0.00160. The van der Waals surface area contributed by atoms with Crippen molar-refractivity contribution in [2.75, 3.05) is 17.0 Å². The molecular formula is C15H20N2O5S. The fourth-order valence-corrected chi connectivity index (χ4v) is 3.77. The second-order valence-electron chi connectivity index (χ2n) is 5.50. The van der Waals surface area contributed by atoms with Crippen LogP contribution in [0.2, 0.25) is 0 Å². The summed E-state index contributed by atoms with van der Waals surface area (Å²) in [7, 11) is -3.44. The van der Waals surface area contributed by atoms with E-state index < -0.39 is 27.9 Å². The van der Waals surface area contributed by atoms with Gasteiger partial charge in [-0.1, -0.05) is 13.0 Å². The lowest BCUT2D eigenvalue weighted by Gasteiger charge is -2.21. The summed E-state index contributed by atoms with van der Waals surface area (Å²) in [6.07, 6.45) is 1.57. The summed E-state index contributed by atoms with van der Waals surface area (Å²) in [5.41, 5.74) is 0.574. The van der Waals surface area contributed by atoms with Crippen LogP contribution < -0.4 is 4.72 Å². The van der Waals surface area contributed by atoms with Gasteiger partial charge in [0.1, 0.15) is 6.04 Å². The number of benzene rings is 1. The number of carbonyl (C=O) groups excluding carboxylic acids is 1. The van der Waals surface area contributed by atoms with E-state index >= 15 is 0 Å². The van der Waals surface area contributed by atoms with Crippen molar-refractivity contribution in [3.05, 3.63) is 29.8 Å². The number of aliphatic carboxylic acids is 1. The summed E-state index contributed by atoms with van der Waals surface area (Å²) < 4.78 is 26.0. The fraction of sp³-hybridized carbons (Fsp3) is 0.467. The summed E-state index contributed by atoms with van der Waals surface area (Å²) in [5.74, 6) is -1.42. The van der Waals surface area contributed by atoms with Gasteiger partial charge in [-0.2, -0.15) is 0 Å². The molecule has 0 radical (unpaired) electrons. The molecule has 0 spiro atoms. The molecule has 0 saturated carbocycles. The van der Waals surface area contributed by atoms with Crippen molar-refractivity contribution in [1.29, 1.82) is 0 Å². The van der Waals surface area contributed by atoms with Crippen molar-refractivity contribution in [3.63, 3.8) is 0 Å². The number of likely N-dealkylation sites (tertiary alicyclic amines) is 1. The Morgan fingerprint density at radius 1 is 1.39 bits per heavy atom. The monoisotopic (exact) mass is 340 g/mol. The molecule has 0 bridgehead atoms. The van der Waals surface area contributed by atoms with Gasteiger partial charge in [0.05, 0.1) is 5.75 Å². The number of rotatable bonds is 6. The zero-order valence-corrected chi connectivity index (χ0v) is 13.7. The molecule has 1 aliphatic heterocycles. The highest BCUT2D eigenvalue weighted by molar-refractivity contribution is 7.92. The lowest BCUT2D eigenvalue weighted by molar-refractivity contribution is -0.141. The van der Waals surface area contributed by atoms with Crippen LogP contribution in [-0.4, -0.2) is 48.6 Å². The van der Waals surface area contributed by atoms with Gasteiger partial charge < -0.3 is 10.0 Å². The Balaban J connectivity index is 2.19. The molecule has 1 saturated heterocycles. The van der Waals surface area contributed by atoms with Gasteiger partial charge in [-0.3, -0.25) is 9.52 Å². The Hall–Kier alpha value is -2.09. The van der Waals surface area contributed by atoms with E-state index in [1.54, 1.807) is 25.1 Å². The largest absolute Gasteiger partial charge is 0.480 e.